The summed E-state index contributed by atoms with van der Waals surface area (Å²) >= 11 is 0. The van der Waals surface area contributed by atoms with E-state index in [0.29, 0.717) is 24.2 Å². The van der Waals surface area contributed by atoms with Crippen molar-refractivity contribution in [2.24, 2.45) is 0 Å². The quantitative estimate of drug-likeness (QED) is 0.668. The lowest BCUT2D eigenvalue weighted by Crippen LogP contribution is -2.42. The molecule has 1 N–H and O–H groups in total. The predicted molar refractivity (Wildman–Crippen MR) is 126 cm³/mol. The molecule has 0 aliphatic carbocycles. The molecule has 2 bridgehead atoms. The van der Waals surface area contributed by atoms with Crippen LogP contribution in [0.2, 0.25) is 0 Å². The van der Waals surface area contributed by atoms with Crippen LogP contribution in [0.1, 0.15) is 58.8 Å². The maximum Gasteiger partial charge on any atom is 0.271 e. The van der Waals surface area contributed by atoms with E-state index in [9.17, 15) is 9.59 Å². The van der Waals surface area contributed by atoms with Crippen molar-refractivity contribution in [1.82, 2.24) is 24.8 Å². The number of fused-ring (bicyclic) bond motifs is 3. The van der Waals surface area contributed by atoms with Gasteiger partial charge in [-0.1, -0.05) is 30.3 Å². The zero-order valence-electron chi connectivity index (χ0n) is 19.3. The maximum absolute atomic E-state index is 13.5. The smallest absolute Gasteiger partial charge is 0.271 e. The van der Waals surface area contributed by atoms with E-state index in [1.807, 2.05) is 62.1 Å². The number of nitrogens with zero attached hydrogens (tertiary/aromatic N) is 4. The lowest BCUT2D eigenvalue weighted by molar-refractivity contribution is 0.0665. The van der Waals surface area contributed by atoms with E-state index in [1.165, 1.54) is 0 Å². The minimum atomic E-state index is -0.158. The summed E-state index contributed by atoms with van der Waals surface area (Å²) in [5, 5.41) is 3.00. The Morgan fingerprint density at radius 2 is 1.85 bits per heavy atom. The summed E-state index contributed by atoms with van der Waals surface area (Å²) < 4.78 is 2.17. The second-order valence-corrected chi connectivity index (χ2v) is 9.39. The van der Waals surface area contributed by atoms with Crippen molar-refractivity contribution in [3.63, 3.8) is 0 Å². The minimum absolute atomic E-state index is 0.0177. The first-order valence-corrected chi connectivity index (χ1v) is 11.6. The summed E-state index contributed by atoms with van der Waals surface area (Å²) in [5.41, 5.74) is 3.95. The second-order valence-electron chi connectivity index (χ2n) is 9.39. The van der Waals surface area contributed by atoms with Gasteiger partial charge in [0.15, 0.2) is 0 Å². The Hall–Kier alpha value is -3.48. The highest BCUT2D eigenvalue weighted by Gasteiger charge is 2.42. The first kappa shape index (κ1) is 21.4. The minimum Gasteiger partial charge on any atom is -0.348 e. The predicted octanol–water partition coefficient (Wildman–Crippen LogP) is 3.62. The number of carbonyl (C=O) groups excluding carboxylic acids is 2. The number of benzene rings is 1. The van der Waals surface area contributed by atoms with Crippen LogP contribution < -0.4 is 5.32 Å². The molecule has 0 radical (unpaired) electrons. The first-order chi connectivity index (χ1) is 15.9. The Kier molecular flexibility index (Phi) is 5.48. The highest BCUT2D eigenvalue weighted by atomic mass is 16.2. The molecule has 2 aliphatic rings. The van der Waals surface area contributed by atoms with E-state index in [1.54, 1.807) is 12.4 Å². The van der Waals surface area contributed by atoms with E-state index in [4.69, 9.17) is 4.98 Å². The average Bonchev–Trinajstić information content (AvgIpc) is 3.29. The van der Waals surface area contributed by atoms with Gasteiger partial charge in [-0.15, -0.1) is 0 Å². The third-order valence-electron chi connectivity index (χ3n) is 6.54. The van der Waals surface area contributed by atoms with Crippen LogP contribution >= 0.6 is 0 Å². The van der Waals surface area contributed by atoms with Crippen molar-refractivity contribution in [3.05, 3.63) is 71.3 Å². The molecule has 5 rings (SSSR count). The fraction of sp³-hybridized carbons (Fsp3) is 0.385. The molecular formula is C26H29N5O2. The van der Waals surface area contributed by atoms with Crippen molar-refractivity contribution in [2.75, 3.05) is 0 Å². The largest absolute Gasteiger partial charge is 0.348 e. The molecule has 2 atom stereocenters. The fourth-order valence-corrected chi connectivity index (χ4v) is 5.14. The third-order valence-corrected chi connectivity index (χ3v) is 6.54. The molecule has 0 spiro atoms. The Bertz CT molecular complexity index is 1200. The standard InChI is InChI=1S/C26H29N5O2/c1-16(2)28-25(32)23-22-12-20-9-10-21(31(20)26(33)19-11-17(3)13-27-14-19)15-30(22)24(29-23)18-7-5-4-6-8-18/h4-8,11,13-14,16,20-21H,9-10,12,15H2,1-3H3,(H,28,32)/t20-,21+/m0/s1. The molecule has 1 saturated heterocycles. The molecule has 0 unspecified atom stereocenters. The number of rotatable bonds is 4. The van der Waals surface area contributed by atoms with E-state index in [2.05, 4.69) is 14.9 Å². The first-order valence-electron chi connectivity index (χ1n) is 11.6. The van der Waals surface area contributed by atoms with Crippen molar-refractivity contribution < 1.29 is 9.59 Å². The second kappa shape index (κ2) is 8.46. The summed E-state index contributed by atoms with van der Waals surface area (Å²) in [5.74, 6) is 0.651. The van der Waals surface area contributed by atoms with Gasteiger partial charge in [0, 0.05) is 43.0 Å². The summed E-state index contributed by atoms with van der Waals surface area (Å²) in [6, 6.07) is 12.0. The van der Waals surface area contributed by atoms with Gasteiger partial charge in [0.25, 0.3) is 11.8 Å². The number of imidazole rings is 1. The molecule has 2 aromatic heterocycles. The molecule has 33 heavy (non-hydrogen) atoms. The van der Waals surface area contributed by atoms with Crippen molar-refractivity contribution in [1.29, 1.82) is 0 Å². The zero-order chi connectivity index (χ0) is 23.1. The SMILES string of the molecule is Cc1cncc(C(=O)N2[C@@H]3CC[C@H]2Cc2c(C(=O)NC(C)C)nc(-c4ccccc4)n2C3)c1. The van der Waals surface area contributed by atoms with E-state index in [0.717, 1.165) is 35.5 Å². The highest BCUT2D eigenvalue weighted by Crippen LogP contribution is 2.36. The Morgan fingerprint density at radius 1 is 1.09 bits per heavy atom. The molecule has 170 valence electrons. The molecule has 1 aromatic carbocycles. The maximum atomic E-state index is 13.5. The lowest BCUT2D eigenvalue weighted by atomic mass is 10.0. The van der Waals surface area contributed by atoms with E-state index in [-0.39, 0.29) is 29.9 Å². The van der Waals surface area contributed by atoms with Gasteiger partial charge in [0.05, 0.1) is 17.3 Å². The van der Waals surface area contributed by atoms with Gasteiger partial charge in [0.2, 0.25) is 0 Å². The van der Waals surface area contributed by atoms with Crippen molar-refractivity contribution >= 4 is 11.8 Å². The van der Waals surface area contributed by atoms with Crippen LogP contribution in [-0.2, 0) is 13.0 Å². The van der Waals surface area contributed by atoms with Gasteiger partial charge in [-0.2, -0.15) is 0 Å². The number of nitrogens with one attached hydrogen (secondary N) is 1. The van der Waals surface area contributed by atoms with E-state index >= 15 is 0 Å². The van der Waals surface area contributed by atoms with Gasteiger partial charge < -0.3 is 14.8 Å². The van der Waals surface area contributed by atoms with Gasteiger partial charge in [-0.25, -0.2) is 4.98 Å². The number of hydrogen-bond acceptors (Lipinski definition) is 4. The number of pyridine rings is 1. The fourth-order valence-electron chi connectivity index (χ4n) is 5.14. The molecule has 7 heteroatoms. The third kappa shape index (κ3) is 3.92. The number of hydrogen-bond donors (Lipinski definition) is 1. The molecule has 2 amide bonds. The van der Waals surface area contributed by atoms with Gasteiger partial charge in [-0.05, 0) is 45.2 Å². The summed E-state index contributed by atoms with van der Waals surface area (Å²) in [7, 11) is 0. The Morgan fingerprint density at radius 3 is 2.58 bits per heavy atom. The van der Waals surface area contributed by atoms with Crippen LogP contribution in [0, 0.1) is 6.92 Å². The van der Waals surface area contributed by atoms with Gasteiger partial charge in [0.1, 0.15) is 11.5 Å². The highest BCUT2D eigenvalue weighted by molar-refractivity contribution is 5.96. The summed E-state index contributed by atoms with van der Waals surface area (Å²) in [4.78, 5) is 37.7. The number of amides is 2. The molecule has 0 saturated carbocycles. The van der Waals surface area contributed by atoms with Crippen LogP contribution in [0.4, 0.5) is 0 Å². The normalized spacial score (nSPS) is 19.3. The van der Waals surface area contributed by atoms with Crippen LogP contribution in [0.25, 0.3) is 11.4 Å². The molecular weight excluding hydrogens is 414 g/mol. The van der Waals surface area contributed by atoms with E-state index < -0.39 is 0 Å². The van der Waals surface area contributed by atoms with Crippen LogP contribution in [-0.4, -0.2) is 49.4 Å². The molecule has 3 aromatic rings. The van der Waals surface area contributed by atoms with Crippen molar-refractivity contribution in [3.8, 4) is 11.4 Å². The molecule has 1 fully saturated rings. The lowest BCUT2D eigenvalue weighted by Gasteiger charge is -2.28. The topological polar surface area (TPSA) is 80.1 Å². The monoisotopic (exact) mass is 443 g/mol. The Labute approximate surface area is 193 Å². The van der Waals surface area contributed by atoms with Gasteiger partial charge >= 0.3 is 0 Å². The van der Waals surface area contributed by atoms with Crippen LogP contribution in [0.3, 0.4) is 0 Å². The number of aryl methyl sites for hydroxylation is 1. The number of carbonyl (C=O) groups is 2. The molecule has 7 nitrogen and oxygen atoms in total. The van der Waals surface area contributed by atoms with Gasteiger partial charge in [-0.3, -0.25) is 14.6 Å². The zero-order valence-corrected chi connectivity index (χ0v) is 19.3. The summed E-state index contributed by atoms with van der Waals surface area (Å²) in [6.07, 6.45) is 5.89. The average molecular weight is 444 g/mol. The van der Waals surface area contributed by atoms with Crippen LogP contribution in [0.5, 0.6) is 0 Å². The van der Waals surface area contributed by atoms with Crippen LogP contribution in [0.15, 0.2) is 48.8 Å². The Balaban J connectivity index is 1.57. The molecule has 2 aliphatic heterocycles. The summed E-state index contributed by atoms with van der Waals surface area (Å²) in [6.45, 7) is 6.47. The molecule has 4 heterocycles. The number of aromatic nitrogens is 3. The van der Waals surface area contributed by atoms with Crippen molar-refractivity contribution in [2.45, 2.75) is 64.7 Å².